The number of ketones is 1. The Labute approximate surface area is 71.3 Å². The number of alkyl carbamates (subject to hydrolysis) is 1. The average molecular weight is 171 g/mol. The zero-order valence-corrected chi connectivity index (χ0v) is 7.46. The standard InChI is InChI=1S/C8H13NO3/c1-4(2)6-7(5(3)10)12-8(11)9-6/h4,6-7H,1-3H3,(H,9,11). The van der Waals surface area contributed by atoms with E-state index >= 15 is 0 Å². The van der Waals surface area contributed by atoms with E-state index in [4.69, 9.17) is 4.74 Å². The summed E-state index contributed by atoms with van der Waals surface area (Å²) in [6, 6.07) is -0.171. The highest BCUT2D eigenvalue weighted by molar-refractivity contribution is 5.86. The molecule has 1 aliphatic heterocycles. The first kappa shape index (κ1) is 9.03. The molecule has 1 aliphatic rings. The second-order valence-electron chi connectivity index (χ2n) is 3.35. The Balaban J connectivity index is 2.72. The van der Waals surface area contributed by atoms with E-state index in [2.05, 4.69) is 5.32 Å². The van der Waals surface area contributed by atoms with Crippen LogP contribution >= 0.6 is 0 Å². The number of amides is 1. The van der Waals surface area contributed by atoms with Crippen LogP contribution in [0.25, 0.3) is 0 Å². The molecule has 0 aromatic heterocycles. The van der Waals surface area contributed by atoms with Crippen molar-refractivity contribution in [1.82, 2.24) is 5.32 Å². The number of carbonyl (C=O) groups is 2. The highest BCUT2D eigenvalue weighted by Crippen LogP contribution is 2.16. The fraction of sp³-hybridized carbons (Fsp3) is 0.750. The van der Waals surface area contributed by atoms with Gasteiger partial charge in [-0.25, -0.2) is 4.79 Å². The Morgan fingerprint density at radius 2 is 2.17 bits per heavy atom. The first-order valence-electron chi connectivity index (χ1n) is 4.00. The molecule has 0 aromatic carbocycles. The predicted molar refractivity (Wildman–Crippen MR) is 42.7 cm³/mol. The molecule has 1 heterocycles. The van der Waals surface area contributed by atoms with Crippen molar-refractivity contribution in [2.24, 2.45) is 5.92 Å². The molecule has 4 heteroatoms. The van der Waals surface area contributed by atoms with E-state index in [1.165, 1.54) is 6.92 Å². The smallest absolute Gasteiger partial charge is 0.408 e. The molecule has 68 valence electrons. The third kappa shape index (κ3) is 1.57. The molecule has 0 spiro atoms. The van der Waals surface area contributed by atoms with Gasteiger partial charge in [0.15, 0.2) is 11.9 Å². The van der Waals surface area contributed by atoms with Gasteiger partial charge < -0.3 is 10.1 Å². The molecule has 1 amide bonds. The predicted octanol–water partition coefficient (Wildman–Crippen LogP) is 0.708. The van der Waals surface area contributed by atoms with E-state index in [0.29, 0.717) is 0 Å². The lowest BCUT2D eigenvalue weighted by Gasteiger charge is -2.17. The first-order valence-corrected chi connectivity index (χ1v) is 4.00. The number of hydrogen-bond donors (Lipinski definition) is 1. The van der Waals surface area contributed by atoms with Crippen LogP contribution in [0.5, 0.6) is 0 Å². The Bertz CT molecular complexity index is 212. The van der Waals surface area contributed by atoms with Gasteiger partial charge in [0.25, 0.3) is 0 Å². The first-order chi connectivity index (χ1) is 5.52. The molecule has 12 heavy (non-hydrogen) atoms. The van der Waals surface area contributed by atoms with E-state index in [1.807, 2.05) is 13.8 Å². The fourth-order valence-corrected chi connectivity index (χ4v) is 1.29. The third-order valence-corrected chi connectivity index (χ3v) is 1.96. The average Bonchev–Trinajstić information content (AvgIpc) is 2.31. The zero-order chi connectivity index (χ0) is 9.30. The van der Waals surface area contributed by atoms with Crippen LogP contribution in [0.2, 0.25) is 0 Å². The van der Waals surface area contributed by atoms with Gasteiger partial charge in [-0.2, -0.15) is 0 Å². The van der Waals surface area contributed by atoms with Crippen LogP contribution in [0.15, 0.2) is 0 Å². The number of carbonyl (C=O) groups excluding carboxylic acids is 2. The van der Waals surface area contributed by atoms with Crippen molar-refractivity contribution in [1.29, 1.82) is 0 Å². The molecule has 1 rings (SSSR count). The van der Waals surface area contributed by atoms with Gasteiger partial charge in [0, 0.05) is 0 Å². The van der Waals surface area contributed by atoms with Crippen molar-refractivity contribution in [2.75, 3.05) is 0 Å². The fourth-order valence-electron chi connectivity index (χ4n) is 1.29. The molecule has 0 aromatic rings. The molecule has 0 bridgehead atoms. The van der Waals surface area contributed by atoms with Gasteiger partial charge in [0.1, 0.15) is 0 Å². The number of ether oxygens (including phenoxy) is 1. The van der Waals surface area contributed by atoms with Crippen molar-refractivity contribution in [2.45, 2.75) is 32.9 Å². The summed E-state index contributed by atoms with van der Waals surface area (Å²) in [5, 5.41) is 2.60. The third-order valence-electron chi connectivity index (χ3n) is 1.96. The lowest BCUT2D eigenvalue weighted by atomic mass is 9.97. The SMILES string of the molecule is CC(=O)C1OC(=O)NC1C(C)C. The maximum atomic E-state index is 11.0. The van der Waals surface area contributed by atoms with E-state index in [1.54, 1.807) is 0 Å². The molecule has 1 N–H and O–H groups in total. The topological polar surface area (TPSA) is 55.4 Å². The molecular formula is C8H13NO3. The lowest BCUT2D eigenvalue weighted by Crippen LogP contribution is -2.39. The lowest BCUT2D eigenvalue weighted by molar-refractivity contribution is -0.124. The van der Waals surface area contributed by atoms with Crippen molar-refractivity contribution in [3.63, 3.8) is 0 Å². The summed E-state index contributed by atoms with van der Waals surface area (Å²) in [7, 11) is 0. The molecule has 0 radical (unpaired) electrons. The summed E-state index contributed by atoms with van der Waals surface area (Å²) in [6.07, 6.45) is -1.09. The maximum Gasteiger partial charge on any atom is 0.408 e. The maximum absolute atomic E-state index is 11.0. The van der Waals surface area contributed by atoms with Crippen LogP contribution in [0.1, 0.15) is 20.8 Å². The van der Waals surface area contributed by atoms with Gasteiger partial charge in [-0.15, -0.1) is 0 Å². The molecule has 0 aliphatic carbocycles. The van der Waals surface area contributed by atoms with E-state index in [-0.39, 0.29) is 17.7 Å². The number of nitrogens with one attached hydrogen (secondary N) is 1. The van der Waals surface area contributed by atoms with Crippen LogP contribution in [0.3, 0.4) is 0 Å². The number of hydrogen-bond acceptors (Lipinski definition) is 3. The van der Waals surface area contributed by atoms with Crippen LogP contribution in [-0.2, 0) is 9.53 Å². The van der Waals surface area contributed by atoms with Crippen molar-refractivity contribution in [3.8, 4) is 0 Å². The second kappa shape index (κ2) is 3.13. The van der Waals surface area contributed by atoms with E-state index in [9.17, 15) is 9.59 Å². The zero-order valence-electron chi connectivity index (χ0n) is 7.46. The number of rotatable bonds is 2. The Kier molecular flexibility index (Phi) is 2.35. The van der Waals surface area contributed by atoms with Gasteiger partial charge in [-0.3, -0.25) is 4.79 Å². The van der Waals surface area contributed by atoms with Gasteiger partial charge in [-0.1, -0.05) is 13.8 Å². The molecule has 0 saturated carbocycles. The molecule has 2 unspecified atom stereocenters. The van der Waals surface area contributed by atoms with Gasteiger partial charge >= 0.3 is 6.09 Å². The monoisotopic (exact) mass is 171 g/mol. The summed E-state index contributed by atoms with van der Waals surface area (Å²) >= 11 is 0. The molecular weight excluding hydrogens is 158 g/mol. The van der Waals surface area contributed by atoms with Crippen molar-refractivity contribution in [3.05, 3.63) is 0 Å². The molecule has 4 nitrogen and oxygen atoms in total. The summed E-state index contributed by atoms with van der Waals surface area (Å²) < 4.78 is 4.80. The second-order valence-corrected chi connectivity index (χ2v) is 3.35. The van der Waals surface area contributed by atoms with Crippen molar-refractivity contribution < 1.29 is 14.3 Å². The summed E-state index contributed by atoms with van der Waals surface area (Å²) in [5.41, 5.74) is 0. The normalized spacial score (nSPS) is 28.5. The quantitative estimate of drug-likeness (QED) is 0.665. The van der Waals surface area contributed by atoms with Gasteiger partial charge in [0.2, 0.25) is 0 Å². The number of cyclic esters (lactones) is 1. The van der Waals surface area contributed by atoms with Crippen LogP contribution in [-0.4, -0.2) is 24.0 Å². The largest absolute Gasteiger partial charge is 0.436 e. The minimum atomic E-state index is -0.600. The minimum absolute atomic E-state index is 0.105. The van der Waals surface area contributed by atoms with Crippen molar-refractivity contribution >= 4 is 11.9 Å². The number of Topliss-reactive ketones (excluding diaryl/α,β-unsaturated/α-hetero) is 1. The Hall–Kier alpha value is -1.06. The Morgan fingerprint density at radius 1 is 1.58 bits per heavy atom. The highest BCUT2D eigenvalue weighted by Gasteiger charge is 2.38. The van der Waals surface area contributed by atoms with Crippen LogP contribution < -0.4 is 5.32 Å². The minimum Gasteiger partial charge on any atom is -0.436 e. The van der Waals surface area contributed by atoms with Gasteiger partial charge in [0.05, 0.1) is 6.04 Å². The molecule has 1 fully saturated rings. The van der Waals surface area contributed by atoms with E-state index < -0.39 is 12.2 Å². The Morgan fingerprint density at radius 3 is 2.50 bits per heavy atom. The van der Waals surface area contributed by atoms with Crippen LogP contribution in [0, 0.1) is 5.92 Å². The van der Waals surface area contributed by atoms with Gasteiger partial charge in [-0.05, 0) is 12.8 Å². The summed E-state index contributed by atoms with van der Waals surface area (Å²) in [6.45, 7) is 5.31. The van der Waals surface area contributed by atoms with Crippen LogP contribution in [0.4, 0.5) is 4.79 Å². The molecule has 1 saturated heterocycles. The summed E-state index contributed by atoms with van der Waals surface area (Å²) in [4.78, 5) is 21.8. The molecule has 2 atom stereocenters. The summed E-state index contributed by atoms with van der Waals surface area (Å²) in [5.74, 6) is 0.109. The van der Waals surface area contributed by atoms with E-state index in [0.717, 1.165) is 0 Å². The highest BCUT2D eigenvalue weighted by atomic mass is 16.6.